The monoisotopic (exact) mass is 384 g/mol. The zero-order chi connectivity index (χ0) is 20.3. The number of hydrogen-bond donors (Lipinski definition) is 0. The standard InChI is InChI=1S/C20H28N6O2/c1-5-6-10-23(2)14-19(27)24(3)16-8-7-15-9-11-26(17(15)12-16)20(28)18-13-21-22-25(18)4/h7-8,12-13H,5-6,9-11,14H2,1-4H3. The molecule has 1 aromatic carbocycles. The summed E-state index contributed by atoms with van der Waals surface area (Å²) in [5.74, 6) is -0.0954. The number of aromatic nitrogens is 3. The molecule has 2 aromatic rings. The fourth-order valence-electron chi connectivity index (χ4n) is 3.40. The molecule has 0 saturated heterocycles. The zero-order valence-corrected chi connectivity index (χ0v) is 17.1. The molecule has 8 heteroatoms. The Hall–Kier alpha value is -2.74. The second kappa shape index (κ2) is 8.52. The van der Waals surface area contributed by atoms with Crippen LogP contribution in [-0.2, 0) is 18.3 Å². The average molecular weight is 384 g/mol. The van der Waals surface area contributed by atoms with Gasteiger partial charge in [-0.15, -0.1) is 5.10 Å². The number of carbonyl (C=O) groups is 2. The Kier molecular flexibility index (Phi) is 6.08. The van der Waals surface area contributed by atoms with Crippen LogP contribution in [0.3, 0.4) is 0 Å². The maximum atomic E-state index is 12.9. The average Bonchev–Trinajstić information content (AvgIpc) is 3.30. The van der Waals surface area contributed by atoms with Crippen molar-refractivity contribution < 1.29 is 9.59 Å². The largest absolute Gasteiger partial charge is 0.314 e. The van der Waals surface area contributed by atoms with Crippen molar-refractivity contribution in [2.24, 2.45) is 7.05 Å². The molecular weight excluding hydrogens is 356 g/mol. The molecule has 0 atom stereocenters. The minimum atomic E-state index is -0.128. The molecule has 8 nitrogen and oxygen atoms in total. The Bertz CT molecular complexity index is 862. The topological polar surface area (TPSA) is 74.6 Å². The molecule has 0 bridgehead atoms. The van der Waals surface area contributed by atoms with Crippen molar-refractivity contribution in [1.29, 1.82) is 0 Å². The van der Waals surface area contributed by atoms with Gasteiger partial charge in [0.25, 0.3) is 5.91 Å². The molecule has 0 aliphatic carbocycles. The smallest absolute Gasteiger partial charge is 0.278 e. The van der Waals surface area contributed by atoms with Gasteiger partial charge in [0.15, 0.2) is 0 Å². The van der Waals surface area contributed by atoms with Crippen molar-refractivity contribution in [1.82, 2.24) is 19.9 Å². The SMILES string of the molecule is CCCCN(C)CC(=O)N(C)c1ccc2c(c1)N(C(=O)c1cnnn1C)CC2. The van der Waals surface area contributed by atoms with Gasteiger partial charge in [-0.1, -0.05) is 24.6 Å². The Balaban J connectivity index is 1.76. The van der Waals surface area contributed by atoms with E-state index in [-0.39, 0.29) is 11.8 Å². The van der Waals surface area contributed by atoms with Crippen LogP contribution < -0.4 is 9.80 Å². The normalized spacial score (nSPS) is 13.1. The minimum Gasteiger partial charge on any atom is -0.314 e. The van der Waals surface area contributed by atoms with Crippen molar-refractivity contribution in [3.8, 4) is 0 Å². The first-order valence-corrected chi connectivity index (χ1v) is 9.67. The number of benzene rings is 1. The second-order valence-corrected chi connectivity index (χ2v) is 7.31. The second-order valence-electron chi connectivity index (χ2n) is 7.31. The minimum absolute atomic E-state index is 0.0326. The number of amides is 2. The summed E-state index contributed by atoms with van der Waals surface area (Å²) in [5, 5.41) is 7.64. The van der Waals surface area contributed by atoms with E-state index in [1.807, 2.05) is 30.1 Å². The van der Waals surface area contributed by atoms with Crippen molar-refractivity contribution in [3.63, 3.8) is 0 Å². The van der Waals surface area contributed by atoms with E-state index in [0.29, 0.717) is 18.8 Å². The summed E-state index contributed by atoms with van der Waals surface area (Å²) in [5.41, 5.74) is 3.19. The molecule has 2 amide bonds. The van der Waals surface area contributed by atoms with Crippen molar-refractivity contribution >= 4 is 23.2 Å². The quantitative estimate of drug-likeness (QED) is 0.727. The van der Waals surface area contributed by atoms with E-state index in [2.05, 4.69) is 17.2 Å². The molecule has 0 radical (unpaired) electrons. The van der Waals surface area contributed by atoms with Gasteiger partial charge in [-0.2, -0.15) is 0 Å². The highest BCUT2D eigenvalue weighted by Crippen LogP contribution is 2.33. The molecular formula is C20H28N6O2. The number of hydrogen-bond acceptors (Lipinski definition) is 5. The zero-order valence-electron chi connectivity index (χ0n) is 17.1. The van der Waals surface area contributed by atoms with Crippen LogP contribution in [0.25, 0.3) is 0 Å². The van der Waals surface area contributed by atoms with Crippen LogP contribution in [0.2, 0.25) is 0 Å². The van der Waals surface area contributed by atoms with Gasteiger partial charge in [0, 0.05) is 32.0 Å². The Morgan fingerprint density at radius 3 is 2.71 bits per heavy atom. The van der Waals surface area contributed by atoms with E-state index in [4.69, 9.17) is 0 Å². The van der Waals surface area contributed by atoms with Gasteiger partial charge < -0.3 is 9.80 Å². The summed E-state index contributed by atoms with van der Waals surface area (Å²) < 4.78 is 1.48. The summed E-state index contributed by atoms with van der Waals surface area (Å²) in [4.78, 5) is 31.0. The molecule has 0 spiro atoms. The Labute approximate surface area is 165 Å². The summed E-state index contributed by atoms with van der Waals surface area (Å²) >= 11 is 0. The number of aryl methyl sites for hydroxylation is 1. The maximum Gasteiger partial charge on any atom is 0.278 e. The van der Waals surface area contributed by atoms with Crippen molar-refractivity contribution in [3.05, 3.63) is 35.7 Å². The van der Waals surface area contributed by atoms with Gasteiger partial charge in [-0.05, 0) is 44.1 Å². The number of likely N-dealkylation sites (N-methyl/N-ethyl adjacent to an activating group) is 2. The highest BCUT2D eigenvalue weighted by molar-refractivity contribution is 6.06. The first-order chi connectivity index (χ1) is 13.4. The lowest BCUT2D eigenvalue weighted by molar-refractivity contribution is -0.119. The van der Waals surface area contributed by atoms with Crippen molar-refractivity contribution in [2.45, 2.75) is 26.2 Å². The first kappa shape index (κ1) is 20.0. The third kappa shape index (κ3) is 4.06. The third-order valence-corrected chi connectivity index (χ3v) is 5.20. The highest BCUT2D eigenvalue weighted by Gasteiger charge is 2.28. The van der Waals surface area contributed by atoms with E-state index in [1.165, 1.54) is 10.9 Å². The molecule has 0 N–H and O–H groups in total. The predicted molar refractivity (Wildman–Crippen MR) is 109 cm³/mol. The van der Waals surface area contributed by atoms with Gasteiger partial charge in [0.05, 0.1) is 12.7 Å². The van der Waals surface area contributed by atoms with E-state index in [1.54, 1.807) is 23.9 Å². The molecule has 1 aromatic heterocycles. The molecule has 150 valence electrons. The highest BCUT2D eigenvalue weighted by atomic mass is 16.2. The molecule has 0 unspecified atom stereocenters. The summed E-state index contributed by atoms with van der Waals surface area (Å²) in [6, 6.07) is 5.88. The van der Waals surface area contributed by atoms with Crippen molar-refractivity contribution in [2.75, 3.05) is 43.5 Å². The maximum absolute atomic E-state index is 12.9. The van der Waals surface area contributed by atoms with Crippen LogP contribution in [0.15, 0.2) is 24.4 Å². The van der Waals surface area contributed by atoms with Crippen LogP contribution in [-0.4, -0.2) is 65.4 Å². The van der Waals surface area contributed by atoms with Gasteiger partial charge >= 0.3 is 0 Å². The van der Waals surface area contributed by atoms with Crippen LogP contribution in [0.4, 0.5) is 11.4 Å². The predicted octanol–water partition coefficient (Wildman–Crippen LogP) is 1.71. The summed E-state index contributed by atoms with van der Waals surface area (Å²) in [6.45, 7) is 4.03. The van der Waals surface area contributed by atoms with Crippen LogP contribution in [0.5, 0.6) is 0 Å². The van der Waals surface area contributed by atoms with Crippen LogP contribution in [0.1, 0.15) is 35.8 Å². The first-order valence-electron chi connectivity index (χ1n) is 9.67. The fourth-order valence-corrected chi connectivity index (χ4v) is 3.40. The Morgan fingerprint density at radius 1 is 1.25 bits per heavy atom. The molecule has 1 aliphatic rings. The van der Waals surface area contributed by atoms with Gasteiger partial charge in [-0.25, -0.2) is 4.68 Å². The lowest BCUT2D eigenvalue weighted by Crippen LogP contribution is -2.37. The lowest BCUT2D eigenvalue weighted by Gasteiger charge is -2.23. The Morgan fingerprint density at radius 2 is 2.04 bits per heavy atom. The van der Waals surface area contributed by atoms with Crippen LogP contribution in [0, 0.1) is 0 Å². The molecule has 2 heterocycles. The molecule has 3 rings (SSSR count). The van der Waals surface area contributed by atoms with Gasteiger partial charge in [0.2, 0.25) is 5.91 Å². The molecule has 28 heavy (non-hydrogen) atoms. The molecule has 0 saturated carbocycles. The van der Waals surface area contributed by atoms with E-state index in [0.717, 1.165) is 42.7 Å². The number of unbranched alkanes of at least 4 members (excludes halogenated alkanes) is 1. The lowest BCUT2D eigenvalue weighted by atomic mass is 10.1. The summed E-state index contributed by atoms with van der Waals surface area (Å²) in [7, 11) is 5.45. The number of anilines is 2. The van der Waals surface area contributed by atoms with E-state index >= 15 is 0 Å². The number of carbonyl (C=O) groups excluding carboxylic acids is 2. The van der Waals surface area contributed by atoms with E-state index < -0.39 is 0 Å². The van der Waals surface area contributed by atoms with Gasteiger partial charge in [-0.3, -0.25) is 14.5 Å². The van der Waals surface area contributed by atoms with E-state index in [9.17, 15) is 9.59 Å². The molecule has 1 aliphatic heterocycles. The number of fused-ring (bicyclic) bond motifs is 1. The molecule has 0 fully saturated rings. The number of rotatable bonds is 7. The fraction of sp³-hybridized carbons (Fsp3) is 0.500. The number of nitrogens with zero attached hydrogens (tertiary/aromatic N) is 6. The van der Waals surface area contributed by atoms with Gasteiger partial charge in [0.1, 0.15) is 5.69 Å². The third-order valence-electron chi connectivity index (χ3n) is 5.20. The summed E-state index contributed by atoms with van der Waals surface area (Å²) in [6.07, 6.45) is 4.46. The van der Waals surface area contributed by atoms with Crippen LogP contribution >= 0.6 is 0 Å².